The summed E-state index contributed by atoms with van der Waals surface area (Å²) in [5.41, 5.74) is 2.68. The Morgan fingerprint density at radius 1 is 1.17 bits per heavy atom. The zero-order valence-electron chi connectivity index (χ0n) is 13.2. The predicted molar refractivity (Wildman–Crippen MR) is 94.7 cm³/mol. The monoisotopic (exact) mass is 338 g/mol. The Morgan fingerprint density at radius 2 is 1.92 bits per heavy atom. The van der Waals surface area contributed by atoms with Crippen LogP contribution in [0.25, 0.3) is 21.9 Å². The van der Waals surface area contributed by atoms with Crippen LogP contribution in [0.3, 0.4) is 0 Å². The van der Waals surface area contributed by atoms with Crippen molar-refractivity contribution in [2.75, 3.05) is 7.11 Å². The number of rotatable bonds is 6. The van der Waals surface area contributed by atoms with Crippen molar-refractivity contribution in [2.24, 2.45) is 0 Å². The zero-order chi connectivity index (χ0) is 16.9. The molecule has 0 spiro atoms. The van der Waals surface area contributed by atoms with Crippen LogP contribution in [0, 0.1) is 0 Å². The molecular formula is C19H16NO3S-. The summed E-state index contributed by atoms with van der Waals surface area (Å²) in [6, 6.07) is 15.5. The number of carbonyl (C=O) groups is 1. The standard InChI is InChI=1S/C19H17NO3S/c1-23-16-8-4-2-6-13(16)12-14(10-11-18(21)22)19-20-15-7-3-5-9-17(15)24-19/h2-9,12H,10-11H2,1H3,(H,21,22)/p-1/b14-12+. The van der Waals surface area contributed by atoms with Crippen LogP contribution in [-0.2, 0) is 4.79 Å². The van der Waals surface area contributed by atoms with E-state index in [2.05, 4.69) is 4.98 Å². The largest absolute Gasteiger partial charge is 0.550 e. The molecule has 4 nitrogen and oxygen atoms in total. The fourth-order valence-electron chi connectivity index (χ4n) is 2.46. The highest BCUT2D eigenvalue weighted by molar-refractivity contribution is 7.19. The maximum atomic E-state index is 10.9. The van der Waals surface area contributed by atoms with Crippen LogP contribution in [0.15, 0.2) is 48.5 Å². The first-order chi connectivity index (χ1) is 11.7. The van der Waals surface area contributed by atoms with Crippen LogP contribution < -0.4 is 9.84 Å². The summed E-state index contributed by atoms with van der Waals surface area (Å²) >= 11 is 1.56. The molecule has 1 heterocycles. The first kappa shape index (κ1) is 16.2. The van der Waals surface area contributed by atoms with Gasteiger partial charge in [-0.3, -0.25) is 0 Å². The number of allylic oxidation sites excluding steroid dienone is 1. The van der Waals surface area contributed by atoms with Gasteiger partial charge >= 0.3 is 0 Å². The number of fused-ring (bicyclic) bond motifs is 1. The number of para-hydroxylation sites is 2. The zero-order valence-corrected chi connectivity index (χ0v) is 14.0. The van der Waals surface area contributed by atoms with Crippen LogP contribution >= 0.6 is 11.3 Å². The van der Waals surface area contributed by atoms with E-state index in [1.54, 1.807) is 18.4 Å². The molecule has 0 saturated heterocycles. The second-order valence-electron chi connectivity index (χ2n) is 5.27. The molecule has 122 valence electrons. The molecule has 2 aromatic carbocycles. The van der Waals surface area contributed by atoms with Gasteiger partial charge in [-0.2, -0.15) is 0 Å². The van der Waals surface area contributed by atoms with E-state index in [1.807, 2.05) is 54.6 Å². The second-order valence-corrected chi connectivity index (χ2v) is 6.30. The molecule has 3 aromatic rings. The Bertz CT molecular complexity index is 865. The smallest absolute Gasteiger partial charge is 0.126 e. The van der Waals surface area contributed by atoms with Crippen molar-refractivity contribution in [1.29, 1.82) is 0 Å². The maximum absolute atomic E-state index is 10.9. The third-order valence-corrected chi connectivity index (χ3v) is 4.75. The minimum atomic E-state index is -1.07. The van der Waals surface area contributed by atoms with Crippen molar-refractivity contribution < 1.29 is 14.6 Å². The van der Waals surface area contributed by atoms with Gasteiger partial charge in [-0.25, -0.2) is 4.98 Å². The fraction of sp³-hybridized carbons (Fsp3) is 0.158. The molecule has 0 atom stereocenters. The van der Waals surface area contributed by atoms with E-state index in [0.717, 1.165) is 32.1 Å². The van der Waals surface area contributed by atoms with Crippen molar-refractivity contribution >= 4 is 39.2 Å². The third kappa shape index (κ3) is 3.63. The molecule has 3 rings (SSSR count). The Hall–Kier alpha value is -2.66. The highest BCUT2D eigenvalue weighted by Crippen LogP contribution is 2.32. The molecule has 0 aliphatic rings. The van der Waals surface area contributed by atoms with E-state index in [9.17, 15) is 9.90 Å². The third-order valence-electron chi connectivity index (χ3n) is 3.64. The lowest BCUT2D eigenvalue weighted by molar-refractivity contribution is -0.305. The topological polar surface area (TPSA) is 62.2 Å². The Labute approximate surface area is 144 Å². The number of hydrogen-bond donors (Lipinski definition) is 0. The van der Waals surface area contributed by atoms with E-state index in [4.69, 9.17) is 4.74 Å². The molecular weight excluding hydrogens is 322 g/mol. The van der Waals surface area contributed by atoms with E-state index in [0.29, 0.717) is 6.42 Å². The molecule has 0 N–H and O–H groups in total. The van der Waals surface area contributed by atoms with Gasteiger partial charge in [0.05, 0.1) is 17.3 Å². The number of carboxylic acids is 1. The number of carbonyl (C=O) groups excluding carboxylic acids is 1. The van der Waals surface area contributed by atoms with Crippen molar-refractivity contribution in [3.8, 4) is 5.75 Å². The fourth-order valence-corrected chi connectivity index (χ4v) is 3.47. The number of carboxylic acid groups (broad SMARTS) is 1. The highest BCUT2D eigenvalue weighted by atomic mass is 32.1. The minimum Gasteiger partial charge on any atom is -0.550 e. The van der Waals surface area contributed by atoms with Gasteiger partial charge in [-0.1, -0.05) is 30.3 Å². The number of hydrogen-bond acceptors (Lipinski definition) is 5. The molecule has 0 radical (unpaired) electrons. The second kappa shape index (κ2) is 7.27. The van der Waals surface area contributed by atoms with E-state index in [-0.39, 0.29) is 6.42 Å². The molecule has 0 unspecified atom stereocenters. The van der Waals surface area contributed by atoms with Gasteiger partial charge in [0.25, 0.3) is 0 Å². The first-order valence-electron chi connectivity index (χ1n) is 7.57. The molecule has 0 aliphatic carbocycles. The lowest BCUT2D eigenvalue weighted by Gasteiger charge is -2.08. The molecule has 0 bridgehead atoms. The van der Waals surface area contributed by atoms with Gasteiger partial charge in [0.1, 0.15) is 10.8 Å². The summed E-state index contributed by atoms with van der Waals surface area (Å²) in [4.78, 5) is 15.5. The van der Waals surface area contributed by atoms with Crippen molar-refractivity contribution in [3.05, 3.63) is 59.1 Å². The predicted octanol–water partition coefficient (Wildman–Crippen LogP) is 3.38. The number of ether oxygens (including phenoxy) is 1. The number of aliphatic carboxylic acids is 1. The normalized spacial score (nSPS) is 11.6. The van der Waals surface area contributed by atoms with Crippen LogP contribution in [0.1, 0.15) is 23.4 Å². The Balaban J connectivity index is 2.05. The summed E-state index contributed by atoms with van der Waals surface area (Å²) in [5, 5.41) is 11.7. The Kier molecular flexibility index (Phi) is 4.91. The van der Waals surface area contributed by atoms with Crippen molar-refractivity contribution in [3.63, 3.8) is 0 Å². The maximum Gasteiger partial charge on any atom is 0.126 e. The molecule has 0 aliphatic heterocycles. The van der Waals surface area contributed by atoms with Crippen LogP contribution in [-0.4, -0.2) is 18.1 Å². The number of nitrogens with zero attached hydrogens (tertiary/aromatic N) is 1. The van der Waals surface area contributed by atoms with Crippen molar-refractivity contribution in [1.82, 2.24) is 4.98 Å². The average molecular weight is 338 g/mol. The number of thiazole rings is 1. The molecule has 0 fully saturated rings. The summed E-state index contributed by atoms with van der Waals surface area (Å²) in [5.74, 6) is -0.327. The number of benzene rings is 2. The van der Waals surface area contributed by atoms with Gasteiger partial charge in [-0.05, 0) is 42.7 Å². The molecule has 24 heavy (non-hydrogen) atoms. The van der Waals surface area contributed by atoms with E-state index < -0.39 is 5.97 Å². The van der Waals surface area contributed by atoms with Gasteiger partial charge in [0.15, 0.2) is 0 Å². The Morgan fingerprint density at radius 3 is 2.67 bits per heavy atom. The van der Waals surface area contributed by atoms with Crippen LogP contribution in [0.2, 0.25) is 0 Å². The van der Waals surface area contributed by atoms with Gasteiger partial charge in [0.2, 0.25) is 0 Å². The molecule has 5 heteroatoms. The lowest BCUT2D eigenvalue weighted by Crippen LogP contribution is -2.21. The number of methoxy groups -OCH3 is 1. The number of aromatic nitrogens is 1. The summed E-state index contributed by atoms with van der Waals surface area (Å²) < 4.78 is 6.45. The van der Waals surface area contributed by atoms with E-state index in [1.165, 1.54) is 0 Å². The SMILES string of the molecule is COc1ccccc1/C=C(\CCC(=O)[O-])c1nc2ccccc2s1. The first-order valence-corrected chi connectivity index (χ1v) is 8.38. The summed E-state index contributed by atoms with van der Waals surface area (Å²) in [6.45, 7) is 0. The summed E-state index contributed by atoms with van der Waals surface area (Å²) in [7, 11) is 1.62. The summed E-state index contributed by atoms with van der Waals surface area (Å²) in [6.07, 6.45) is 2.26. The quantitative estimate of drug-likeness (QED) is 0.691. The van der Waals surface area contributed by atoms with E-state index >= 15 is 0 Å². The van der Waals surface area contributed by atoms with Crippen LogP contribution in [0.4, 0.5) is 0 Å². The van der Waals surface area contributed by atoms with Crippen molar-refractivity contribution in [2.45, 2.75) is 12.8 Å². The highest BCUT2D eigenvalue weighted by Gasteiger charge is 2.10. The molecule has 0 amide bonds. The minimum absolute atomic E-state index is 0.0447. The average Bonchev–Trinajstić information content (AvgIpc) is 3.02. The van der Waals surface area contributed by atoms with Crippen LogP contribution in [0.5, 0.6) is 5.75 Å². The molecule has 0 saturated carbocycles. The lowest BCUT2D eigenvalue weighted by atomic mass is 10.1. The van der Waals surface area contributed by atoms with Gasteiger partial charge < -0.3 is 14.6 Å². The van der Waals surface area contributed by atoms with Gasteiger partial charge in [-0.15, -0.1) is 11.3 Å². The molecule has 1 aromatic heterocycles. The van der Waals surface area contributed by atoms with Gasteiger partial charge in [0, 0.05) is 11.5 Å².